The molecule has 1 aromatic rings. The maximum atomic E-state index is 11.9. The van der Waals surface area contributed by atoms with E-state index in [0.29, 0.717) is 25.5 Å². The molecule has 2 rings (SSSR count). The van der Waals surface area contributed by atoms with Crippen molar-refractivity contribution >= 4 is 11.5 Å². The van der Waals surface area contributed by atoms with E-state index < -0.39 is 0 Å². The molecule has 0 radical (unpaired) electrons. The van der Waals surface area contributed by atoms with Crippen LogP contribution in [0, 0.1) is 5.92 Å². The summed E-state index contributed by atoms with van der Waals surface area (Å²) in [6, 6.07) is 5.66. The molecular weight excluding hydrogens is 240 g/mol. The van der Waals surface area contributed by atoms with Crippen LogP contribution in [-0.2, 0) is 0 Å². The molecule has 0 fully saturated rings. The maximum Gasteiger partial charge on any atom is 0.164 e. The fourth-order valence-electron chi connectivity index (χ4n) is 2.35. The lowest BCUT2D eigenvalue weighted by Crippen LogP contribution is -2.35. The maximum absolute atomic E-state index is 11.9. The standard InChI is InChI=1S/C15H22N2O2/c1-11(2)10-17-7-8-19-15-4-3-12(9-13(15)17)14(18)5-6-16/h3-4,9,11H,5-8,10,16H2,1-2H3. The average molecular weight is 262 g/mol. The average Bonchev–Trinajstić information content (AvgIpc) is 2.38. The molecule has 0 aliphatic carbocycles. The van der Waals surface area contributed by atoms with Gasteiger partial charge in [0.15, 0.2) is 5.78 Å². The highest BCUT2D eigenvalue weighted by Gasteiger charge is 2.20. The van der Waals surface area contributed by atoms with E-state index in [1.165, 1.54) is 0 Å². The summed E-state index contributed by atoms with van der Waals surface area (Å²) in [7, 11) is 0. The molecule has 1 heterocycles. The van der Waals surface area contributed by atoms with Gasteiger partial charge in [-0.1, -0.05) is 13.8 Å². The van der Waals surface area contributed by atoms with Crippen LogP contribution in [0.1, 0.15) is 30.6 Å². The molecular formula is C15H22N2O2. The van der Waals surface area contributed by atoms with Gasteiger partial charge in [-0.15, -0.1) is 0 Å². The van der Waals surface area contributed by atoms with Crippen molar-refractivity contribution in [3.05, 3.63) is 23.8 Å². The molecule has 0 bridgehead atoms. The van der Waals surface area contributed by atoms with E-state index in [1.807, 2.05) is 18.2 Å². The summed E-state index contributed by atoms with van der Waals surface area (Å²) in [4.78, 5) is 14.2. The van der Waals surface area contributed by atoms with Crippen molar-refractivity contribution in [3.63, 3.8) is 0 Å². The van der Waals surface area contributed by atoms with Crippen LogP contribution >= 0.6 is 0 Å². The van der Waals surface area contributed by atoms with Crippen molar-refractivity contribution in [2.75, 3.05) is 31.1 Å². The molecule has 0 saturated heterocycles. The molecule has 1 aliphatic heterocycles. The van der Waals surface area contributed by atoms with Gasteiger partial charge in [-0.25, -0.2) is 0 Å². The number of carbonyl (C=O) groups is 1. The number of nitrogens with two attached hydrogens (primary N) is 1. The van der Waals surface area contributed by atoms with Gasteiger partial charge in [0, 0.05) is 18.5 Å². The molecule has 0 aromatic heterocycles. The largest absolute Gasteiger partial charge is 0.490 e. The predicted octanol–water partition coefficient (Wildman–Crippen LogP) is 2.07. The molecule has 0 amide bonds. The van der Waals surface area contributed by atoms with E-state index >= 15 is 0 Å². The molecule has 4 nitrogen and oxygen atoms in total. The lowest BCUT2D eigenvalue weighted by Gasteiger charge is -2.32. The van der Waals surface area contributed by atoms with Gasteiger partial charge in [0.05, 0.1) is 12.2 Å². The first-order chi connectivity index (χ1) is 9.11. The van der Waals surface area contributed by atoms with Crippen molar-refractivity contribution in [3.8, 4) is 5.75 Å². The zero-order valence-corrected chi connectivity index (χ0v) is 11.7. The van der Waals surface area contributed by atoms with Crippen LogP contribution in [0.4, 0.5) is 5.69 Å². The van der Waals surface area contributed by atoms with Crippen LogP contribution in [0.5, 0.6) is 5.75 Å². The second kappa shape index (κ2) is 6.06. The normalized spacial score (nSPS) is 14.2. The number of nitrogens with zero attached hydrogens (tertiary/aromatic N) is 1. The number of rotatable bonds is 5. The van der Waals surface area contributed by atoms with Crippen LogP contribution in [0.3, 0.4) is 0 Å². The third-order valence-corrected chi connectivity index (χ3v) is 3.20. The number of Topliss-reactive ketones (excluding diaryl/α,β-unsaturated/α-hetero) is 1. The van der Waals surface area contributed by atoms with Gasteiger partial charge in [-0.3, -0.25) is 4.79 Å². The second-order valence-corrected chi connectivity index (χ2v) is 5.33. The van der Waals surface area contributed by atoms with Crippen LogP contribution in [-0.4, -0.2) is 32.0 Å². The van der Waals surface area contributed by atoms with Gasteiger partial charge in [-0.2, -0.15) is 0 Å². The van der Waals surface area contributed by atoms with E-state index in [-0.39, 0.29) is 5.78 Å². The predicted molar refractivity (Wildman–Crippen MR) is 77.0 cm³/mol. The van der Waals surface area contributed by atoms with Crippen molar-refractivity contribution in [1.82, 2.24) is 0 Å². The molecule has 104 valence electrons. The Morgan fingerprint density at radius 3 is 2.95 bits per heavy atom. The summed E-state index contributed by atoms with van der Waals surface area (Å²) in [5.74, 6) is 1.55. The Hall–Kier alpha value is -1.55. The van der Waals surface area contributed by atoms with Crippen molar-refractivity contribution in [2.45, 2.75) is 20.3 Å². The third-order valence-electron chi connectivity index (χ3n) is 3.20. The first kappa shape index (κ1) is 13.9. The number of ether oxygens (including phenoxy) is 1. The number of hydrogen-bond acceptors (Lipinski definition) is 4. The van der Waals surface area contributed by atoms with E-state index in [1.54, 1.807) is 0 Å². The van der Waals surface area contributed by atoms with Crippen molar-refractivity contribution < 1.29 is 9.53 Å². The summed E-state index contributed by atoms with van der Waals surface area (Å²) < 4.78 is 5.65. The van der Waals surface area contributed by atoms with Crippen LogP contribution in [0.2, 0.25) is 0 Å². The number of benzene rings is 1. The van der Waals surface area contributed by atoms with Crippen molar-refractivity contribution in [1.29, 1.82) is 0 Å². The SMILES string of the molecule is CC(C)CN1CCOc2ccc(C(=O)CCN)cc21. The highest BCUT2D eigenvalue weighted by molar-refractivity contribution is 5.97. The number of fused-ring (bicyclic) bond motifs is 1. The van der Waals surface area contributed by atoms with E-state index in [2.05, 4.69) is 18.7 Å². The van der Waals surface area contributed by atoms with Gasteiger partial charge in [0.2, 0.25) is 0 Å². The Morgan fingerprint density at radius 1 is 1.47 bits per heavy atom. The summed E-state index contributed by atoms with van der Waals surface area (Å²) >= 11 is 0. The molecule has 0 atom stereocenters. The summed E-state index contributed by atoms with van der Waals surface area (Å²) in [5.41, 5.74) is 7.20. The monoisotopic (exact) mass is 262 g/mol. The number of anilines is 1. The first-order valence-corrected chi connectivity index (χ1v) is 6.87. The minimum Gasteiger partial charge on any atom is -0.490 e. The Balaban J connectivity index is 2.27. The minimum atomic E-state index is 0.0976. The zero-order valence-electron chi connectivity index (χ0n) is 11.7. The molecule has 0 spiro atoms. The Labute approximate surface area is 114 Å². The van der Waals surface area contributed by atoms with E-state index in [0.717, 1.165) is 30.1 Å². The summed E-state index contributed by atoms with van der Waals surface area (Å²) in [5, 5.41) is 0. The Bertz CT molecular complexity index is 457. The summed E-state index contributed by atoms with van der Waals surface area (Å²) in [6.07, 6.45) is 0.393. The third kappa shape index (κ3) is 3.26. The van der Waals surface area contributed by atoms with Crippen LogP contribution < -0.4 is 15.4 Å². The number of ketones is 1. The number of carbonyl (C=O) groups excluding carboxylic acids is 1. The fraction of sp³-hybridized carbons (Fsp3) is 0.533. The zero-order chi connectivity index (χ0) is 13.8. The van der Waals surface area contributed by atoms with Gasteiger partial charge in [-0.05, 0) is 30.7 Å². The van der Waals surface area contributed by atoms with Gasteiger partial charge < -0.3 is 15.4 Å². The van der Waals surface area contributed by atoms with Gasteiger partial charge in [0.1, 0.15) is 12.4 Å². The second-order valence-electron chi connectivity index (χ2n) is 5.33. The first-order valence-electron chi connectivity index (χ1n) is 6.87. The van der Waals surface area contributed by atoms with Crippen molar-refractivity contribution in [2.24, 2.45) is 11.7 Å². The van der Waals surface area contributed by atoms with E-state index in [9.17, 15) is 4.79 Å². The Kier molecular flexibility index (Phi) is 4.43. The van der Waals surface area contributed by atoms with Crippen LogP contribution in [0.25, 0.3) is 0 Å². The highest BCUT2D eigenvalue weighted by Crippen LogP contribution is 2.33. The Morgan fingerprint density at radius 2 is 2.26 bits per heavy atom. The topological polar surface area (TPSA) is 55.6 Å². The lowest BCUT2D eigenvalue weighted by molar-refractivity contribution is 0.0985. The molecule has 4 heteroatoms. The summed E-state index contributed by atoms with van der Waals surface area (Å²) in [6.45, 7) is 7.33. The molecule has 19 heavy (non-hydrogen) atoms. The van der Waals surface area contributed by atoms with Crippen LogP contribution in [0.15, 0.2) is 18.2 Å². The smallest absolute Gasteiger partial charge is 0.164 e. The molecule has 0 unspecified atom stereocenters. The quantitative estimate of drug-likeness (QED) is 0.825. The number of hydrogen-bond donors (Lipinski definition) is 1. The molecule has 1 aromatic carbocycles. The van der Waals surface area contributed by atoms with Gasteiger partial charge in [0.25, 0.3) is 0 Å². The molecule has 1 aliphatic rings. The lowest BCUT2D eigenvalue weighted by atomic mass is 10.1. The molecule has 2 N–H and O–H groups in total. The minimum absolute atomic E-state index is 0.0976. The highest BCUT2D eigenvalue weighted by atomic mass is 16.5. The van der Waals surface area contributed by atoms with E-state index in [4.69, 9.17) is 10.5 Å². The fourth-order valence-corrected chi connectivity index (χ4v) is 2.35. The van der Waals surface area contributed by atoms with Gasteiger partial charge >= 0.3 is 0 Å². The molecule has 0 saturated carbocycles.